The van der Waals surface area contributed by atoms with Crippen LogP contribution in [0.2, 0.25) is 0 Å². The summed E-state index contributed by atoms with van der Waals surface area (Å²) in [6.07, 6.45) is 3.01. The fourth-order valence-electron chi connectivity index (χ4n) is 4.94. The molecule has 4 aromatic rings. The first-order valence-electron chi connectivity index (χ1n) is 14.2. The highest BCUT2D eigenvalue weighted by Crippen LogP contribution is 2.23. The number of hydrogen-bond donors (Lipinski definition) is 5. The summed E-state index contributed by atoms with van der Waals surface area (Å²) < 4.78 is 47.8. The number of ether oxygens (including phenoxy) is 1. The SMILES string of the molecule is O=C(NCc1cc(F)ccc1F)Nc1ccc(S(=O)N2CCC(CNC[C@H](O)COc3ccc4[nH]ccc4c3)CC2)cc1. The van der Waals surface area contributed by atoms with Gasteiger partial charge in [0.1, 0.15) is 41.1 Å². The van der Waals surface area contributed by atoms with Crippen LogP contribution in [-0.2, 0) is 17.5 Å². The molecule has 9 nitrogen and oxygen atoms in total. The monoisotopic (exact) mass is 611 g/mol. The van der Waals surface area contributed by atoms with E-state index in [1.54, 1.807) is 24.3 Å². The number of piperidine rings is 1. The van der Waals surface area contributed by atoms with Crippen molar-refractivity contribution in [2.45, 2.75) is 30.4 Å². The number of hydrogen-bond acceptors (Lipinski definition) is 5. The normalized spacial score (nSPS) is 15.7. The number of amides is 2. The van der Waals surface area contributed by atoms with Gasteiger partial charge in [0.15, 0.2) is 0 Å². The van der Waals surface area contributed by atoms with Crippen LogP contribution in [0.25, 0.3) is 10.9 Å². The van der Waals surface area contributed by atoms with E-state index in [1.807, 2.05) is 34.8 Å². The zero-order chi connectivity index (χ0) is 30.2. The van der Waals surface area contributed by atoms with Gasteiger partial charge in [0.05, 0.1) is 4.90 Å². The number of carbonyl (C=O) groups is 1. The van der Waals surface area contributed by atoms with Gasteiger partial charge >= 0.3 is 6.03 Å². The number of aromatic amines is 1. The van der Waals surface area contributed by atoms with E-state index in [0.717, 1.165) is 54.2 Å². The van der Waals surface area contributed by atoms with Crippen LogP contribution in [0.3, 0.4) is 0 Å². The van der Waals surface area contributed by atoms with Crippen molar-refractivity contribution in [1.29, 1.82) is 0 Å². The largest absolute Gasteiger partial charge is 0.491 e. The highest BCUT2D eigenvalue weighted by Gasteiger charge is 2.24. The molecule has 0 bridgehead atoms. The number of nitrogens with zero attached hydrogens (tertiary/aromatic N) is 1. The second-order valence-corrected chi connectivity index (χ2v) is 12.0. The van der Waals surface area contributed by atoms with Crippen LogP contribution in [0.4, 0.5) is 19.3 Å². The summed E-state index contributed by atoms with van der Waals surface area (Å²) in [5.74, 6) is -0.0415. The summed E-state index contributed by atoms with van der Waals surface area (Å²) in [4.78, 5) is 15.9. The van der Waals surface area contributed by atoms with Crippen LogP contribution in [-0.4, -0.2) is 63.5 Å². The number of H-pyrrole nitrogens is 1. The van der Waals surface area contributed by atoms with Crippen LogP contribution < -0.4 is 20.7 Å². The topological polar surface area (TPSA) is 119 Å². The molecule has 1 unspecified atom stereocenters. The predicted octanol–water partition coefficient (Wildman–Crippen LogP) is 4.53. The lowest BCUT2D eigenvalue weighted by molar-refractivity contribution is 0.104. The number of anilines is 1. The van der Waals surface area contributed by atoms with Crippen LogP contribution >= 0.6 is 0 Å². The fourth-order valence-corrected chi connectivity index (χ4v) is 6.15. The van der Waals surface area contributed by atoms with Crippen molar-refractivity contribution in [3.05, 3.63) is 90.1 Å². The molecule has 2 atom stereocenters. The molecule has 2 heterocycles. The molecule has 0 saturated carbocycles. The zero-order valence-corrected chi connectivity index (χ0v) is 24.3. The molecule has 1 fully saturated rings. The van der Waals surface area contributed by atoms with Crippen molar-refractivity contribution in [3.8, 4) is 5.75 Å². The zero-order valence-electron chi connectivity index (χ0n) is 23.5. The van der Waals surface area contributed by atoms with Crippen molar-refractivity contribution in [1.82, 2.24) is 19.9 Å². The van der Waals surface area contributed by atoms with E-state index in [4.69, 9.17) is 4.74 Å². The Morgan fingerprint density at radius 3 is 2.65 bits per heavy atom. The third-order valence-corrected chi connectivity index (χ3v) is 8.86. The number of urea groups is 1. The Kier molecular flexibility index (Phi) is 10.4. The molecule has 1 aliphatic heterocycles. The number of aliphatic hydroxyl groups excluding tert-OH is 1. The van der Waals surface area contributed by atoms with Gasteiger partial charge in [-0.25, -0.2) is 22.1 Å². The molecule has 0 spiro atoms. The Balaban J connectivity index is 0.981. The lowest BCUT2D eigenvalue weighted by atomic mass is 9.98. The standard InChI is InChI=1S/C31H35F2N5O4S/c32-24-1-7-29(33)23(15-24)18-36-31(40)37-25-2-5-28(6-3-25)43(41)38-13-10-21(11-14-38)17-34-19-26(39)20-42-27-4-8-30-22(16-27)9-12-35-30/h1-9,12,15-16,21,26,34-35,39H,10-11,13-14,17-20H2,(H2,36,37,40)/t26-,43?/m0/s1. The lowest BCUT2D eigenvalue weighted by Crippen LogP contribution is -2.40. The van der Waals surface area contributed by atoms with Crippen LogP contribution in [0, 0.1) is 17.6 Å². The first-order valence-corrected chi connectivity index (χ1v) is 15.3. The molecule has 1 saturated heterocycles. The summed E-state index contributed by atoms with van der Waals surface area (Å²) in [6.45, 7) is 2.61. The Labute approximate surface area is 251 Å². The summed E-state index contributed by atoms with van der Waals surface area (Å²) in [5, 5.41) is 19.8. The quantitative estimate of drug-likeness (QED) is 0.161. The average Bonchev–Trinajstić information content (AvgIpc) is 3.49. The van der Waals surface area contributed by atoms with E-state index in [1.165, 1.54) is 0 Å². The second-order valence-electron chi connectivity index (χ2n) is 10.5. The molecule has 5 rings (SSSR count). The molecule has 12 heteroatoms. The molecule has 1 aliphatic rings. The van der Waals surface area contributed by atoms with Gasteiger partial charge < -0.3 is 30.8 Å². The third kappa shape index (κ3) is 8.60. The van der Waals surface area contributed by atoms with Crippen molar-refractivity contribution < 1.29 is 27.6 Å². The molecule has 228 valence electrons. The number of aliphatic hydroxyl groups is 1. The molecular formula is C31H35F2N5O4S. The third-order valence-electron chi connectivity index (χ3n) is 7.35. The summed E-state index contributed by atoms with van der Waals surface area (Å²) in [6, 6.07) is 16.9. The minimum atomic E-state index is -1.33. The molecule has 0 radical (unpaired) electrons. The smallest absolute Gasteiger partial charge is 0.319 e. The number of rotatable bonds is 12. The first-order chi connectivity index (χ1) is 20.8. The second kappa shape index (κ2) is 14.6. The van der Waals surface area contributed by atoms with Crippen LogP contribution in [0.15, 0.2) is 77.8 Å². The lowest BCUT2D eigenvalue weighted by Gasteiger charge is -2.31. The van der Waals surface area contributed by atoms with Crippen molar-refractivity contribution in [2.75, 3.05) is 38.1 Å². The molecule has 2 amide bonds. The van der Waals surface area contributed by atoms with Crippen molar-refractivity contribution >= 4 is 33.6 Å². The van der Waals surface area contributed by atoms with Crippen molar-refractivity contribution in [2.24, 2.45) is 5.92 Å². The Morgan fingerprint density at radius 1 is 1.07 bits per heavy atom. The van der Waals surface area contributed by atoms with E-state index in [2.05, 4.69) is 20.9 Å². The maximum absolute atomic E-state index is 13.7. The predicted molar refractivity (Wildman–Crippen MR) is 162 cm³/mol. The minimum absolute atomic E-state index is 0.0464. The van der Waals surface area contributed by atoms with Gasteiger partial charge in [-0.1, -0.05) is 0 Å². The highest BCUT2D eigenvalue weighted by atomic mass is 32.2. The van der Waals surface area contributed by atoms with Gasteiger partial charge in [-0.05, 0) is 92.0 Å². The molecule has 43 heavy (non-hydrogen) atoms. The van der Waals surface area contributed by atoms with Gasteiger partial charge in [-0.3, -0.25) is 0 Å². The van der Waals surface area contributed by atoms with Gasteiger partial charge in [0.2, 0.25) is 0 Å². The number of halogens is 2. The Hall–Kier alpha value is -3.84. The average molecular weight is 612 g/mol. The minimum Gasteiger partial charge on any atom is -0.491 e. The van der Waals surface area contributed by atoms with Crippen LogP contribution in [0.1, 0.15) is 18.4 Å². The maximum Gasteiger partial charge on any atom is 0.319 e. The molecule has 0 aliphatic carbocycles. The summed E-state index contributed by atoms with van der Waals surface area (Å²) in [5.41, 5.74) is 1.57. The number of benzene rings is 3. The van der Waals surface area contributed by atoms with Crippen molar-refractivity contribution in [3.63, 3.8) is 0 Å². The van der Waals surface area contributed by atoms with E-state index in [0.29, 0.717) is 36.1 Å². The van der Waals surface area contributed by atoms with E-state index >= 15 is 0 Å². The number of carbonyl (C=O) groups excluding carboxylic acids is 1. The first kappa shape index (κ1) is 30.6. The van der Waals surface area contributed by atoms with E-state index in [-0.39, 0.29) is 18.7 Å². The number of aromatic nitrogens is 1. The fraction of sp³-hybridized carbons (Fsp3) is 0.323. The Morgan fingerprint density at radius 2 is 1.86 bits per heavy atom. The van der Waals surface area contributed by atoms with E-state index in [9.17, 15) is 22.9 Å². The van der Waals surface area contributed by atoms with E-state index < -0.39 is 34.8 Å². The van der Waals surface area contributed by atoms with Gasteiger partial charge in [0.25, 0.3) is 0 Å². The molecule has 5 N–H and O–H groups in total. The number of nitrogens with one attached hydrogen (secondary N) is 4. The molecule has 1 aromatic heterocycles. The summed E-state index contributed by atoms with van der Waals surface area (Å²) in [7, 11) is -1.33. The van der Waals surface area contributed by atoms with Gasteiger partial charge in [-0.15, -0.1) is 0 Å². The molecule has 3 aromatic carbocycles. The van der Waals surface area contributed by atoms with Gasteiger partial charge in [-0.2, -0.15) is 0 Å². The highest BCUT2D eigenvalue weighted by molar-refractivity contribution is 7.82. The summed E-state index contributed by atoms with van der Waals surface area (Å²) >= 11 is 0. The van der Waals surface area contributed by atoms with Gasteiger partial charge in [0, 0.05) is 54.5 Å². The molecular weight excluding hydrogens is 576 g/mol. The van der Waals surface area contributed by atoms with Crippen LogP contribution in [0.5, 0.6) is 5.75 Å². The Bertz CT molecular complexity index is 1540. The number of fused-ring (bicyclic) bond motifs is 1. The maximum atomic E-state index is 13.7.